The van der Waals surface area contributed by atoms with Gasteiger partial charge in [-0.3, -0.25) is 0 Å². The molecule has 0 unspecified atom stereocenters. The SMILES string of the molecule is c1ccc(-c2ccc(N(c3cccc(-c4cccc5ccccc45)c3)c3c4ccccc4cc4c3sc3ccccc34)cc2)cc1. The Labute approximate surface area is 272 Å². The molecule has 1 nitrogen and oxygen atoms in total. The van der Waals surface area contributed by atoms with Crippen LogP contribution in [0.25, 0.3) is 64.0 Å². The molecule has 9 rings (SSSR count). The molecular weight excluding hydrogens is 575 g/mol. The molecule has 0 atom stereocenters. The van der Waals surface area contributed by atoms with Gasteiger partial charge in [0.1, 0.15) is 0 Å². The van der Waals surface area contributed by atoms with Crippen LogP contribution in [0.4, 0.5) is 17.1 Å². The van der Waals surface area contributed by atoms with E-state index in [1.165, 1.54) is 69.7 Å². The van der Waals surface area contributed by atoms with Crippen LogP contribution in [-0.2, 0) is 0 Å². The number of fused-ring (bicyclic) bond motifs is 5. The molecule has 0 aliphatic carbocycles. The van der Waals surface area contributed by atoms with Crippen molar-refractivity contribution in [1.29, 1.82) is 0 Å². The summed E-state index contributed by atoms with van der Waals surface area (Å²) in [5, 5.41) is 7.59. The van der Waals surface area contributed by atoms with Crippen LogP contribution in [0.2, 0.25) is 0 Å². The maximum absolute atomic E-state index is 2.48. The van der Waals surface area contributed by atoms with E-state index in [9.17, 15) is 0 Å². The summed E-state index contributed by atoms with van der Waals surface area (Å²) in [4.78, 5) is 2.48. The minimum absolute atomic E-state index is 1.13. The normalized spacial score (nSPS) is 11.5. The largest absolute Gasteiger partial charge is 0.308 e. The summed E-state index contributed by atoms with van der Waals surface area (Å²) >= 11 is 1.88. The maximum Gasteiger partial charge on any atom is 0.0718 e. The number of nitrogens with zero attached hydrogens (tertiary/aromatic N) is 1. The van der Waals surface area contributed by atoms with Crippen molar-refractivity contribution >= 4 is 70.1 Å². The highest BCUT2D eigenvalue weighted by atomic mass is 32.1. The number of anilines is 3. The van der Waals surface area contributed by atoms with Crippen molar-refractivity contribution in [3.63, 3.8) is 0 Å². The van der Waals surface area contributed by atoms with E-state index >= 15 is 0 Å². The molecule has 0 amide bonds. The predicted octanol–water partition coefficient (Wildman–Crippen LogP) is 13.2. The van der Waals surface area contributed by atoms with E-state index in [1.807, 2.05) is 11.3 Å². The van der Waals surface area contributed by atoms with Crippen LogP contribution in [0, 0.1) is 0 Å². The fourth-order valence-electron chi connectivity index (χ4n) is 6.85. The van der Waals surface area contributed by atoms with Crippen LogP contribution in [0.15, 0.2) is 176 Å². The van der Waals surface area contributed by atoms with Gasteiger partial charge >= 0.3 is 0 Å². The summed E-state index contributed by atoms with van der Waals surface area (Å²) in [6.45, 7) is 0. The average molecular weight is 604 g/mol. The third-order valence-electron chi connectivity index (χ3n) is 9.03. The lowest BCUT2D eigenvalue weighted by molar-refractivity contribution is 1.31. The average Bonchev–Trinajstić information content (AvgIpc) is 3.50. The molecule has 216 valence electrons. The first kappa shape index (κ1) is 26.7. The van der Waals surface area contributed by atoms with Crippen LogP contribution in [0.3, 0.4) is 0 Å². The van der Waals surface area contributed by atoms with Crippen LogP contribution < -0.4 is 4.90 Å². The van der Waals surface area contributed by atoms with E-state index in [4.69, 9.17) is 0 Å². The standard InChI is InChI=1S/C44H29NS/c1-2-12-30(13-3-1)31-24-26-35(27-25-31)45(36-18-10-17-33(28-36)38-22-11-16-32-14-4-6-19-37(32)38)43-39-20-7-5-15-34(39)29-41-40-21-8-9-23-42(40)46-44(41)43/h1-29H. The van der Waals surface area contributed by atoms with Crippen molar-refractivity contribution in [2.75, 3.05) is 4.90 Å². The summed E-state index contributed by atoms with van der Waals surface area (Å²) in [5.41, 5.74) is 8.35. The lowest BCUT2D eigenvalue weighted by Crippen LogP contribution is -2.11. The molecule has 1 aromatic heterocycles. The molecule has 1 heterocycles. The predicted molar refractivity (Wildman–Crippen MR) is 200 cm³/mol. The molecule has 46 heavy (non-hydrogen) atoms. The van der Waals surface area contributed by atoms with E-state index < -0.39 is 0 Å². The van der Waals surface area contributed by atoms with Crippen LogP contribution in [-0.4, -0.2) is 0 Å². The molecule has 0 saturated heterocycles. The third kappa shape index (κ3) is 4.46. The highest BCUT2D eigenvalue weighted by Gasteiger charge is 2.22. The monoisotopic (exact) mass is 603 g/mol. The van der Waals surface area contributed by atoms with Crippen molar-refractivity contribution in [3.8, 4) is 22.3 Å². The molecule has 0 fully saturated rings. The van der Waals surface area contributed by atoms with E-state index in [-0.39, 0.29) is 0 Å². The second-order valence-corrected chi connectivity index (χ2v) is 12.8. The fraction of sp³-hybridized carbons (Fsp3) is 0. The van der Waals surface area contributed by atoms with Crippen molar-refractivity contribution in [2.45, 2.75) is 0 Å². The van der Waals surface area contributed by atoms with Crippen molar-refractivity contribution in [1.82, 2.24) is 0 Å². The van der Waals surface area contributed by atoms with E-state index in [2.05, 4.69) is 181 Å². The van der Waals surface area contributed by atoms with Gasteiger partial charge < -0.3 is 4.90 Å². The molecule has 0 radical (unpaired) electrons. The minimum atomic E-state index is 1.13. The Balaban J connectivity index is 1.33. The summed E-state index contributed by atoms with van der Waals surface area (Å²) < 4.78 is 2.60. The van der Waals surface area contributed by atoms with Gasteiger partial charge in [0.25, 0.3) is 0 Å². The van der Waals surface area contributed by atoms with E-state index in [0.717, 1.165) is 11.4 Å². The number of thiophene rings is 1. The zero-order chi connectivity index (χ0) is 30.5. The second kappa shape index (κ2) is 11.0. The summed E-state index contributed by atoms with van der Waals surface area (Å²) in [5.74, 6) is 0. The molecule has 0 saturated carbocycles. The minimum Gasteiger partial charge on any atom is -0.308 e. The summed E-state index contributed by atoms with van der Waals surface area (Å²) in [7, 11) is 0. The zero-order valence-electron chi connectivity index (χ0n) is 25.1. The van der Waals surface area contributed by atoms with Gasteiger partial charge in [-0.25, -0.2) is 0 Å². The molecule has 0 spiro atoms. The number of hydrogen-bond donors (Lipinski definition) is 0. The Morgan fingerprint density at radius 2 is 1.00 bits per heavy atom. The molecule has 0 aliphatic heterocycles. The smallest absolute Gasteiger partial charge is 0.0718 e. The van der Waals surface area contributed by atoms with Gasteiger partial charge in [-0.05, 0) is 74.8 Å². The Bertz CT molecular complexity index is 2520. The number of rotatable bonds is 5. The lowest BCUT2D eigenvalue weighted by Gasteiger charge is -2.28. The van der Waals surface area contributed by atoms with Gasteiger partial charge in [-0.15, -0.1) is 11.3 Å². The Morgan fingerprint density at radius 1 is 0.370 bits per heavy atom. The molecule has 0 bridgehead atoms. The van der Waals surface area contributed by atoms with Crippen LogP contribution in [0.1, 0.15) is 0 Å². The first-order chi connectivity index (χ1) is 22.8. The molecule has 9 aromatic rings. The van der Waals surface area contributed by atoms with E-state index in [1.54, 1.807) is 0 Å². The van der Waals surface area contributed by atoms with Gasteiger partial charge in [-0.2, -0.15) is 0 Å². The quantitative estimate of drug-likeness (QED) is 0.189. The maximum atomic E-state index is 2.48. The highest BCUT2D eigenvalue weighted by Crippen LogP contribution is 2.49. The Hall–Kier alpha value is -5.70. The summed E-state index contributed by atoms with van der Waals surface area (Å²) in [6.07, 6.45) is 0. The van der Waals surface area contributed by atoms with Crippen molar-refractivity contribution in [2.24, 2.45) is 0 Å². The van der Waals surface area contributed by atoms with Gasteiger partial charge in [0, 0.05) is 32.2 Å². The Kier molecular flexibility index (Phi) is 6.40. The highest BCUT2D eigenvalue weighted by molar-refractivity contribution is 7.26. The topological polar surface area (TPSA) is 3.24 Å². The zero-order valence-corrected chi connectivity index (χ0v) is 25.9. The molecular formula is C44H29NS. The van der Waals surface area contributed by atoms with Gasteiger partial charge in [0.05, 0.1) is 10.4 Å². The van der Waals surface area contributed by atoms with Crippen molar-refractivity contribution in [3.05, 3.63) is 176 Å². The second-order valence-electron chi connectivity index (χ2n) is 11.7. The van der Waals surface area contributed by atoms with Gasteiger partial charge in [0.15, 0.2) is 0 Å². The number of hydrogen-bond acceptors (Lipinski definition) is 2. The first-order valence-electron chi connectivity index (χ1n) is 15.7. The third-order valence-corrected chi connectivity index (χ3v) is 10.2. The van der Waals surface area contributed by atoms with E-state index in [0.29, 0.717) is 0 Å². The van der Waals surface area contributed by atoms with Gasteiger partial charge in [-0.1, -0.05) is 140 Å². The number of benzene rings is 8. The van der Waals surface area contributed by atoms with Crippen LogP contribution >= 0.6 is 11.3 Å². The molecule has 0 N–H and O–H groups in total. The molecule has 2 heteroatoms. The lowest BCUT2D eigenvalue weighted by atomic mass is 9.97. The van der Waals surface area contributed by atoms with Crippen LogP contribution in [0.5, 0.6) is 0 Å². The molecule has 8 aromatic carbocycles. The van der Waals surface area contributed by atoms with Gasteiger partial charge in [0.2, 0.25) is 0 Å². The Morgan fingerprint density at radius 3 is 1.85 bits per heavy atom. The molecule has 0 aliphatic rings. The van der Waals surface area contributed by atoms with Crippen molar-refractivity contribution < 1.29 is 0 Å². The fourth-order valence-corrected chi connectivity index (χ4v) is 8.08. The first-order valence-corrected chi connectivity index (χ1v) is 16.5. The summed E-state index contributed by atoms with van der Waals surface area (Å²) in [6, 6.07) is 63.9.